The van der Waals surface area contributed by atoms with Gasteiger partial charge in [0, 0.05) is 30.3 Å². The summed E-state index contributed by atoms with van der Waals surface area (Å²) in [7, 11) is -4.16. The number of carbonyl (C=O) groups excluding carboxylic acids is 1. The molecule has 11 nitrogen and oxygen atoms in total. The summed E-state index contributed by atoms with van der Waals surface area (Å²) in [6.07, 6.45) is 9.90. The van der Waals surface area contributed by atoms with E-state index >= 15 is 0 Å². The summed E-state index contributed by atoms with van der Waals surface area (Å²) in [5.41, 5.74) is 4.95. The molecule has 1 aliphatic carbocycles. The second-order valence-electron chi connectivity index (χ2n) is 14.7. The quantitative estimate of drug-likeness (QED) is 0.228. The van der Waals surface area contributed by atoms with Gasteiger partial charge in [0.25, 0.3) is 15.9 Å². The number of amides is 1. The molecule has 2 aliphatic heterocycles. The van der Waals surface area contributed by atoms with E-state index in [2.05, 4.69) is 33.4 Å². The van der Waals surface area contributed by atoms with E-state index < -0.39 is 10.0 Å². The Morgan fingerprint density at radius 1 is 0.940 bits per heavy atom. The van der Waals surface area contributed by atoms with E-state index in [1.165, 1.54) is 25.0 Å². The van der Waals surface area contributed by atoms with Crippen molar-refractivity contribution in [2.24, 2.45) is 11.3 Å². The van der Waals surface area contributed by atoms with E-state index in [0.29, 0.717) is 29.3 Å². The van der Waals surface area contributed by atoms with E-state index in [1.807, 2.05) is 44.4 Å². The predicted octanol–water partition coefficient (Wildman–Crippen LogP) is 6.57. The first kappa shape index (κ1) is 33.9. The molecule has 0 radical (unpaired) electrons. The maximum atomic E-state index is 14.4. The van der Waals surface area contributed by atoms with Crippen LogP contribution in [0, 0.1) is 25.2 Å². The van der Waals surface area contributed by atoms with Crippen molar-refractivity contribution in [2.45, 2.75) is 83.7 Å². The van der Waals surface area contributed by atoms with Gasteiger partial charge in [-0.05, 0) is 80.2 Å². The molecular formula is C38H45N7O4S. The lowest BCUT2D eigenvalue weighted by molar-refractivity contribution is 0.0560. The lowest BCUT2D eigenvalue weighted by Gasteiger charge is -2.38. The Labute approximate surface area is 294 Å². The molecule has 4 aromatic rings. The second-order valence-corrected chi connectivity index (χ2v) is 16.4. The highest BCUT2D eigenvalue weighted by Gasteiger charge is 2.32. The maximum Gasteiger partial charge on any atom is 0.264 e. The number of aromatic nitrogens is 4. The third-order valence-corrected chi connectivity index (χ3v) is 11.6. The van der Waals surface area contributed by atoms with E-state index in [9.17, 15) is 13.2 Å². The minimum atomic E-state index is -4.16. The number of aryl methyl sites for hydroxylation is 2. The van der Waals surface area contributed by atoms with Crippen molar-refractivity contribution in [1.29, 1.82) is 0 Å². The summed E-state index contributed by atoms with van der Waals surface area (Å²) < 4.78 is 36.3. The van der Waals surface area contributed by atoms with Gasteiger partial charge in [-0.3, -0.25) is 4.79 Å². The van der Waals surface area contributed by atoms with Crippen molar-refractivity contribution in [3.63, 3.8) is 0 Å². The van der Waals surface area contributed by atoms with Crippen molar-refractivity contribution < 1.29 is 17.9 Å². The van der Waals surface area contributed by atoms with Crippen molar-refractivity contribution in [3.05, 3.63) is 83.4 Å². The first-order chi connectivity index (χ1) is 23.9. The molecule has 1 amide bonds. The van der Waals surface area contributed by atoms with E-state index in [0.717, 1.165) is 54.7 Å². The van der Waals surface area contributed by atoms with Crippen molar-refractivity contribution in [3.8, 4) is 17.1 Å². The molecule has 4 bridgehead atoms. The van der Waals surface area contributed by atoms with E-state index in [4.69, 9.17) is 14.7 Å². The highest BCUT2D eigenvalue weighted by molar-refractivity contribution is 7.92. The molecule has 1 N–H and O–H groups in total. The predicted molar refractivity (Wildman–Crippen MR) is 193 cm³/mol. The Kier molecular flexibility index (Phi) is 9.23. The molecule has 7 rings (SSSR count). The van der Waals surface area contributed by atoms with Crippen LogP contribution in [0.5, 0.6) is 5.88 Å². The van der Waals surface area contributed by atoms with Gasteiger partial charge in [0.15, 0.2) is 0 Å². The monoisotopic (exact) mass is 695 g/mol. The van der Waals surface area contributed by atoms with Gasteiger partial charge in [-0.1, -0.05) is 51.0 Å². The summed E-state index contributed by atoms with van der Waals surface area (Å²) in [5, 5.41) is 0. The van der Waals surface area contributed by atoms with Crippen molar-refractivity contribution >= 4 is 27.6 Å². The number of sulfonamides is 1. The number of ether oxygens (including phenoxy) is 1. The third kappa shape index (κ3) is 7.60. The largest absolute Gasteiger partial charge is 0.475 e. The van der Waals surface area contributed by atoms with Gasteiger partial charge in [0.1, 0.15) is 12.4 Å². The first-order valence-corrected chi connectivity index (χ1v) is 19.0. The number of rotatable bonds is 7. The summed E-state index contributed by atoms with van der Waals surface area (Å²) >= 11 is 0. The number of hydrogen-bond donors (Lipinski definition) is 1. The van der Waals surface area contributed by atoms with Crippen LogP contribution in [0.15, 0.2) is 65.8 Å². The lowest BCUT2D eigenvalue weighted by atomic mass is 9.82. The van der Waals surface area contributed by atoms with Crippen LogP contribution in [-0.4, -0.2) is 64.9 Å². The molecule has 4 heterocycles. The average Bonchev–Trinajstić information content (AvgIpc) is 3.92. The molecule has 50 heavy (non-hydrogen) atoms. The van der Waals surface area contributed by atoms with Crippen molar-refractivity contribution in [2.75, 3.05) is 29.3 Å². The van der Waals surface area contributed by atoms with Crippen LogP contribution in [0.25, 0.3) is 11.3 Å². The smallest absolute Gasteiger partial charge is 0.264 e. The normalized spacial score (nSPS) is 20.2. The minimum absolute atomic E-state index is 0.0640. The Balaban J connectivity index is 1.26. The molecule has 2 fully saturated rings. The molecule has 1 saturated carbocycles. The molecule has 1 saturated heterocycles. The van der Waals surface area contributed by atoms with Crippen LogP contribution in [0.1, 0.15) is 79.7 Å². The van der Waals surface area contributed by atoms with E-state index in [1.54, 1.807) is 23.1 Å². The van der Waals surface area contributed by atoms with Crippen LogP contribution < -0.4 is 14.4 Å². The zero-order valence-corrected chi connectivity index (χ0v) is 30.0. The van der Waals surface area contributed by atoms with Gasteiger partial charge in [-0.2, -0.15) is 4.98 Å². The van der Waals surface area contributed by atoms with E-state index in [-0.39, 0.29) is 47.4 Å². The number of fused-ring (bicyclic) bond motifs is 4. The molecule has 2 aromatic carbocycles. The Bertz CT molecular complexity index is 1970. The molecular weight excluding hydrogens is 651 g/mol. The Morgan fingerprint density at radius 2 is 1.64 bits per heavy atom. The second kappa shape index (κ2) is 13.6. The molecule has 3 aliphatic rings. The zero-order chi connectivity index (χ0) is 35.0. The lowest BCUT2D eigenvalue weighted by Crippen LogP contribution is -2.44. The molecule has 0 spiro atoms. The summed E-state index contributed by atoms with van der Waals surface area (Å²) in [5.74, 6) is 0.933. The standard InChI is InChI=1S/C38H45N7O4S/c1-25-7-5-8-26(2)35(25)32-20-34-42-37(41-32)43-50(47,48)31-10-6-9-28(19-31)36(46)45(29(24-49-34)14-13-27-11-12-27)23-33-39-21-30(22-40-33)44-17-15-38(3,4)16-18-44/h5-10,19-22,27,29H,11-18,23-24H2,1-4H3,(H,41,42,43)/t29-/m1/s1. The molecule has 12 heteroatoms. The number of anilines is 2. The van der Waals surface area contributed by atoms with Gasteiger partial charge in [-0.15, -0.1) is 0 Å². The van der Waals surface area contributed by atoms with Gasteiger partial charge < -0.3 is 14.5 Å². The van der Waals surface area contributed by atoms with Gasteiger partial charge >= 0.3 is 0 Å². The highest BCUT2D eigenvalue weighted by atomic mass is 32.2. The fraction of sp³-hybridized carbons (Fsp3) is 0.447. The van der Waals surface area contributed by atoms with Crippen molar-refractivity contribution in [1.82, 2.24) is 24.8 Å². The number of nitrogens with zero attached hydrogens (tertiary/aromatic N) is 6. The number of carbonyl (C=O) groups is 1. The van der Waals surface area contributed by atoms with Gasteiger partial charge in [0.2, 0.25) is 11.8 Å². The average molecular weight is 696 g/mol. The third-order valence-electron chi connectivity index (χ3n) is 10.3. The van der Waals surface area contributed by atoms with Crippen LogP contribution in [-0.2, 0) is 16.6 Å². The number of hydrogen-bond acceptors (Lipinski definition) is 9. The fourth-order valence-corrected chi connectivity index (χ4v) is 7.85. The molecule has 1 atom stereocenters. The highest BCUT2D eigenvalue weighted by Crippen LogP contribution is 2.36. The summed E-state index contributed by atoms with van der Waals surface area (Å²) in [6, 6.07) is 13.4. The van der Waals surface area contributed by atoms with Crippen LogP contribution in [0.2, 0.25) is 0 Å². The SMILES string of the molecule is Cc1cccc(C)c1-c1cc2nc(n1)NS(=O)(=O)c1cccc(c1)C(=O)N(Cc1ncc(N3CCC(C)(C)CC3)cn1)[C@H](CCC1CC1)CO2. The fourth-order valence-electron chi connectivity index (χ4n) is 6.86. The Morgan fingerprint density at radius 3 is 2.34 bits per heavy atom. The summed E-state index contributed by atoms with van der Waals surface area (Å²) in [4.78, 5) is 37.0. The molecule has 0 unspecified atom stereocenters. The Hall–Kier alpha value is -4.58. The zero-order valence-electron chi connectivity index (χ0n) is 29.2. The molecule has 262 valence electrons. The maximum absolute atomic E-state index is 14.4. The number of benzene rings is 2. The molecule has 2 aromatic heterocycles. The van der Waals surface area contributed by atoms with Crippen LogP contribution in [0.4, 0.5) is 11.6 Å². The van der Waals surface area contributed by atoms with Gasteiger partial charge in [0.05, 0.1) is 41.3 Å². The minimum Gasteiger partial charge on any atom is -0.475 e. The first-order valence-electron chi connectivity index (χ1n) is 17.5. The number of piperidine rings is 1. The topological polar surface area (TPSA) is 131 Å². The van der Waals surface area contributed by atoms with Crippen LogP contribution >= 0.6 is 0 Å². The summed E-state index contributed by atoms with van der Waals surface area (Å²) in [6.45, 7) is 10.8. The van der Waals surface area contributed by atoms with Crippen LogP contribution in [0.3, 0.4) is 0 Å². The van der Waals surface area contributed by atoms with Gasteiger partial charge in [-0.25, -0.2) is 28.1 Å². The number of nitrogens with one attached hydrogen (secondary N) is 1.